The summed E-state index contributed by atoms with van der Waals surface area (Å²) in [4.78, 5) is 9.42. The normalized spacial score (nSPS) is 12.8. The largest absolute Gasteiger partial charge is 0.509 e. The van der Waals surface area contributed by atoms with E-state index in [-0.39, 0.29) is 37.3 Å². The van der Waals surface area contributed by atoms with E-state index in [1.54, 1.807) is 0 Å². The molecule has 0 amide bonds. The maximum atomic E-state index is 9.84. The number of pyridine rings is 1. The summed E-state index contributed by atoms with van der Waals surface area (Å²) >= 11 is 0. The van der Waals surface area contributed by atoms with Crippen LogP contribution in [0.15, 0.2) is 158 Å². The minimum atomic E-state index is -0.0750. The number of nitrogens with zero attached hydrogens (tertiary/aromatic N) is 5. The molecule has 0 atom stereocenters. The Morgan fingerprint density at radius 1 is 0.574 bits per heavy atom. The average Bonchev–Trinajstić information content (AvgIpc) is 3.87. The van der Waals surface area contributed by atoms with E-state index >= 15 is 0 Å². The van der Waals surface area contributed by atoms with Crippen LogP contribution in [0, 0.1) is 30.1 Å². The summed E-state index contributed by atoms with van der Waals surface area (Å²) in [7, 11) is 0. The second-order valence-electron chi connectivity index (χ2n) is 20.7. The van der Waals surface area contributed by atoms with E-state index in [0.29, 0.717) is 17.1 Å². The van der Waals surface area contributed by atoms with Crippen molar-refractivity contribution < 1.29 is 25.8 Å². The zero-order valence-corrected chi connectivity index (χ0v) is 42.3. The molecule has 0 N–H and O–H groups in total. The first kappa shape index (κ1) is 46.2. The van der Waals surface area contributed by atoms with Gasteiger partial charge >= 0.3 is 0 Å². The third kappa shape index (κ3) is 8.73. The Labute approximate surface area is 415 Å². The summed E-state index contributed by atoms with van der Waals surface area (Å²) in [5.41, 5.74) is 14.5. The van der Waals surface area contributed by atoms with E-state index in [1.807, 2.05) is 48.7 Å². The number of nitriles is 1. The molecule has 10 rings (SSSR count). The standard InChI is InChI=1S/C61H54N5O.Pt/c1-59(2,3)44-28-29-63-57(35-44)66-54-27-24-40(38-62)30-53(54)52-26-25-50(37-56(52)66)67-49-21-14-20-47(36-49)64-39-65(48-33-45(60(4,5)6)32-46(34-48)61(7,8)9)58-51(22-15-23-55(58)64)43-19-13-18-42(31-43)41-16-11-10-12-17-41;/h10-35,39H,1-9H3;/q-3;. The maximum Gasteiger partial charge on any atom is 0.135 e. The van der Waals surface area contributed by atoms with Crippen LogP contribution in [-0.4, -0.2) is 9.55 Å². The first-order valence-electron chi connectivity index (χ1n) is 23.0. The van der Waals surface area contributed by atoms with Crippen molar-refractivity contribution in [1.29, 1.82) is 5.26 Å². The fourth-order valence-electron chi connectivity index (χ4n) is 9.00. The molecule has 2 aromatic heterocycles. The molecule has 0 radical (unpaired) electrons. The Balaban J connectivity index is 0.00000578. The maximum absolute atomic E-state index is 9.84. The second-order valence-corrected chi connectivity index (χ2v) is 20.7. The fourth-order valence-corrected chi connectivity index (χ4v) is 9.00. The van der Waals surface area contributed by atoms with Crippen molar-refractivity contribution >= 4 is 44.6 Å². The van der Waals surface area contributed by atoms with Crippen molar-refractivity contribution in [3.05, 3.63) is 199 Å². The van der Waals surface area contributed by atoms with Gasteiger partial charge in [-0.15, -0.1) is 48.1 Å². The first-order chi connectivity index (χ1) is 32.0. The molecule has 342 valence electrons. The zero-order valence-electron chi connectivity index (χ0n) is 40.0. The van der Waals surface area contributed by atoms with Crippen LogP contribution >= 0.6 is 0 Å². The van der Waals surface area contributed by atoms with Gasteiger partial charge in [-0.3, -0.25) is 0 Å². The Morgan fingerprint density at radius 2 is 1.25 bits per heavy atom. The van der Waals surface area contributed by atoms with Crippen LogP contribution < -0.4 is 14.5 Å². The zero-order chi connectivity index (χ0) is 46.8. The molecule has 6 nitrogen and oxygen atoms in total. The number of fused-ring (bicyclic) bond motifs is 4. The van der Waals surface area contributed by atoms with E-state index in [0.717, 1.165) is 61.5 Å². The van der Waals surface area contributed by atoms with Crippen molar-refractivity contribution in [2.45, 2.75) is 78.6 Å². The van der Waals surface area contributed by atoms with Crippen LogP contribution in [0.2, 0.25) is 0 Å². The van der Waals surface area contributed by atoms with E-state index in [4.69, 9.17) is 9.72 Å². The molecule has 0 aliphatic carbocycles. The molecule has 3 heterocycles. The van der Waals surface area contributed by atoms with Gasteiger partial charge in [-0.25, -0.2) is 4.98 Å². The molecule has 68 heavy (non-hydrogen) atoms. The van der Waals surface area contributed by atoms with E-state index < -0.39 is 0 Å². The summed E-state index contributed by atoms with van der Waals surface area (Å²) in [6, 6.07) is 62.6. The summed E-state index contributed by atoms with van der Waals surface area (Å²) in [6.45, 7) is 22.5. The molecule has 0 spiro atoms. The second kappa shape index (κ2) is 17.6. The predicted octanol–water partition coefficient (Wildman–Crippen LogP) is 16.1. The number of hydrogen-bond acceptors (Lipinski definition) is 5. The molecule has 1 aliphatic heterocycles. The number of benzene rings is 7. The van der Waals surface area contributed by atoms with Gasteiger partial charge in [0.15, 0.2) is 0 Å². The molecule has 1 aliphatic rings. The van der Waals surface area contributed by atoms with Gasteiger partial charge in [0.1, 0.15) is 5.82 Å². The Hall–Kier alpha value is -6.93. The van der Waals surface area contributed by atoms with Crippen LogP contribution in [0.4, 0.5) is 22.7 Å². The van der Waals surface area contributed by atoms with Gasteiger partial charge in [0.2, 0.25) is 0 Å². The molecular formula is C61H54N5OPt-3. The number of anilines is 4. The minimum absolute atomic E-state index is 0. The average molecular weight is 1070 g/mol. The van der Waals surface area contributed by atoms with Crippen molar-refractivity contribution in [1.82, 2.24) is 9.55 Å². The number of para-hydroxylation sites is 1. The molecule has 0 saturated carbocycles. The summed E-state index contributed by atoms with van der Waals surface area (Å²) in [5.74, 6) is 1.88. The minimum Gasteiger partial charge on any atom is -0.509 e. The quantitative estimate of drug-likeness (QED) is 0.149. The van der Waals surface area contributed by atoms with Gasteiger partial charge in [-0.2, -0.15) is 17.4 Å². The van der Waals surface area contributed by atoms with Gasteiger partial charge < -0.3 is 19.1 Å². The smallest absolute Gasteiger partial charge is 0.135 e. The SMILES string of the molecule is CC(C)(C)c1cc(N2[CH-]N(c3[c-]c(Oc4[c-]c5c(cc4)c4cc(C#N)ccc4n5-c4cc(C(C)(C)C)ccn4)ccc3)c3cccc(-c4cccc(-c5ccccc5)c4)c32)cc(C(C)(C)C)c1.[Pt]. The summed E-state index contributed by atoms with van der Waals surface area (Å²) in [5, 5.41) is 11.8. The topological polar surface area (TPSA) is 57.3 Å². The van der Waals surface area contributed by atoms with Gasteiger partial charge in [-0.05, 0) is 110 Å². The first-order valence-corrected chi connectivity index (χ1v) is 23.0. The van der Waals surface area contributed by atoms with Gasteiger partial charge in [0.05, 0.1) is 11.6 Å². The van der Waals surface area contributed by atoms with Crippen LogP contribution in [0.5, 0.6) is 11.5 Å². The monoisotopic (exact) mass is 1070 g/mol. The van der Waals surface area contributed by atoms with Crippen LogP contribution in [0.1, 0.15) is 84.6 Å². The summed E-state index contributed by atoms with van der Waals surface area (Å²) in [6.07, 6.45) is 1.86. The third-order valence-electron chi connectivity index (χ3n) is 12.8. The molecule has 7 heteroatoms. The number of hydrogen-bond donors (Lipinski definition) is 0. The van der Waals surface area contributed by atoms with Crippen LogP contribution in [-0.2, 0) is 37.3 Å². The molecule has 0 unspecified atom stereocenters. The third-order valence-corrected chi connectivity index (χ3v) is 12.8. The molecule has 9 aromatic rings. The Morgan fingerprint density at radius 3 is 1.97 bits per heavy atom. The fraction of sp³-hybridized carbons (Fsp3) is 0.197. The Kier molecular flexibility index (Phi) is 12.0. The Bertz CT molecular complexity index is 3370. The number of rotatable bonds is 7. The van der Waals surface area contributed by atoms with E-state index in [1.165, 1.54) is 27.8 Å². The molecule has 0 fully saturated rings. The van der Waals surface area contributed by atoms with E-state index in [9.17, 15) is 5.26 Å². The molecule has 0 bridgehead atoms. The van der Waals surface area contributed by atoms with Gasteiger partial charge in [-0.1, -0.05) is 135 Å². The molecular weight excluding hydrogens is 1010 g/mol. The van der Waals surface area contributed by atoms with Crippen molar-refractivity contribution in [3.63, 3.8) is 0 Å². The molecule has 7 aromatic carbocycles. The van der Waals surface area contributed by atoms with E-state index in [2.05, 4.69) is 211 Å². The van der Waals surface area contributed by atoms with Crippen LogP contribution in [0.3, 0.4) is 0 Å². The van der Waals surface area contributed by atoms with Crippen LogP contribution in [0.25, 0.3) is 49.9 Å². The van der Waals surface area contributed by atoms with Crippen molar-refractivity contribution in [2.75, 3.05) is 9.80 Å². The van der Waals surface area contributed by atoms with Crippen molar-refractivity contribution in [3.8, 4) is 45.6 Å². The molecule has 0 saturated heterocycles. The number of aromatic nitrogens is 2. The summed E-state index contributed by atoms with van der Waals surface area (Å²) < 4.78 is 8.82. The predicted molar refractivity (Wildman–Crippen MR) is 276 cm³/mol. The van der Waals surface area contributed by atoms with Crippen molar-refractivity contribution in [2.24, 2.45) is 0 Å². The van der Waals surface area contributed by atoms with Gasteiger partial charge in [0, 0.05) is 66.9 Å². The number of ether oxygens (including phenoxy) is 1. The van der Waals surface area contributed by atoms with Gasteiger partial charge in [0.25, 0.3) is 0 Å².